The molecule has 1 aromatic rings. The number of urea groups is 1. The topological polar surface area (TPSA) is 70.7 Å². The molecule has 1 aromatic carbocycles. The fourth-order valence-electron chi connectivity index (χ4n) is 1.60. The van der Waals surface area contributed by atoms with Crippen LogP contribution in [0.4, 0.5) is 4.79 Å². The van der Waals surface area contributed by atoms with E-state index in [1.807, 2.05) is 32.0 Å². The molecular weight excluding hydrogens is 270 g/mol. The van der Waals surface area contributed by atoms with Gasteiger partial charge < -0.3 is 20.3 Å². The van der Waals surface area contributed by atoms with Crippen molar-refractivity contribution in [2.45, 2.75) is 13.8 Å². The number of amides is 3. The average molecular weight is 293 g/mol. The molecule has 0 heterocycles. The molecule has 0 aromatic heterocycles. The molecule has 0 radical (unpaired) electrons. The number of aryl methyl sites for hydroxylation is 1. The van der Waals surface area contributed by atoms with Crippen LogP contribution in [0.25, 0.3) is 0 Å². The molecule has 3 amide bonds. The van der Waals surface area contributed by atoms with E-state index in [1.165, 1.54) is 4.90 Å². The molecule has 1 rings (SSSR count). The van der Waals surface area contributed by atoms with Gasteiger partial charge in [0.25, 0.3) is 5.91 Å². The zero-order valence-electron chi connectivity index (χ0n) is 13.0. The van der Waals surface area contributed by atoms with Crippen LogP contribution in [0.1, 0.15) is 11.1 Å². The largest absolute Gasteiger partial charge is 0.483 e. The summed E-state index contributed by atoms with van der Waals surface area (Å²) < 4.78 is 5.49. The number of hydrogen-bond acceptors (Lipinski definition) is 3. The number of benzene rings is 1. The van der Waals surface area contributed by atoms with Crippen molar-refractivity contribution in [2.75, 3.05) is 33.8 Å². The monoisotopic (exact) mass is 293 g/mol. The molecule has 0 saturated carbocycles. The summed E-state index contributed by atoms with van der Waals surface area (Å²) in [6.07, 6.45) is 0. The first-order valence-electron chi connectivity index (χ1n) is 6.82. The number of carbonyl (C=O) groups excluding carboxylic acids is 2. The van der Waals surface area contributed by atoms with Crippen LogP contribution >= 0.6 is 0 Å². The quantitative estimate of drug-likeness (QED) is 0.771. The molecule has 0 spiro atoms. The van der Waals surface area contributed by atoms with Crippen LogP contribution in [0.5, 0.6) is 5.75 Å². The Labute approximate surface area is 125 Å². The number of ether oxygens (including phenoxy) is 1. The highest BCUT2D eigenvalue weighted by Crippen LogP contribution is 2.20. The minimum Gasteiger partial charge on any atom is -0.483 e. The Balaban J connectivity index is 2.26. The molecule has 0 aliphatic heterocycles. The van der Waals surface area contributed by atoms with Crippen LogP contribution in [0, 0.1) is 13.8 Å². The third kappa shape index (κ3) is 5.72. The third-order valence-corrected chi connectivity index (χ3v) is 3.04. The Morgan fingerprint density at radius 1 is 1.14 bits per heavy atom. The summed E-state index contributed by atoms with van der Waals surface area (Å²) in [4.78, 5) is 24.3. The lowest BCUT2D eigenvalue weighted by Gasteiger charge is -2.13. The minimum atomic E-state index is -0.213. The highest BCUT2D eigenvalue weighted by atomic mass is 16.5. The van der Waals surface area contributed by atoms with Crippen molar-refractivity contribution in [3.63, 3.8) is 0 Å². The van der Waals surface area contributed by atoms with Gasteiger partial charge in [0.2, 0.25) is 0 Å². The van der Waals surface area contributed by atoms with Gasteiger partial charge in [0.05, 0.1) is 0 Å². The summed E-state index contributed by atoms with van der Waals surface area (Å²) in [5.41, 5.74) is 2.16. The molecule has 6 nitrogen and oxygen atoms in total. The second-order valence-corrected chi connectivity index (χ2v) is 4.96. The Morgan fingerprint density at radius 2 is 1.81 bits per heavy atom. The highest BCUT2D eigenvalue weighted by Gasteiger charge is 2.06. The molecule has 0 fully saturated rings. The van der Waals surface area contributed by atoms with Gasteiger partial charge in [-0.1, -0.05) is 12.1 Å². The van der Waals surface area contributed by atoms with Crippen LogP contribution in [0.15, 0.2) is 18.2 Å². The van der Waals surface area contributed by atoms with E-state index < -0.39 is 0 Å². The zero-order chi connectivity index (χ0) is 15.8. The van der Waals surface area contributed by atoms with Crippen molar-refractivity contribution in [1.82, 2.24) is 15.5 Å². The summed E-state index contributed by atoms with van der Waals surface area (Å²) in [6.45, 7) is 4.67. The van der Waals surface area contributed by atoms with Gasteiger partial charge in [0, 0.05) is 27.2 Å². The minimum absolute atomic E-state index is 0.0358. The van der Waals surface area contributed by atoms with Gasteiger partial charge in [-0.15, -0.1) is 0 Å². The van der Waals surface area contributed by atoms with Crippen molar-refractivity contribution in [3.05, 3.63) is 29.3 Å². The van der Waals surface area contributed by atoms with E-state index in [9.17, 15) is 9.59 Å². The standard InChI is InChI=1S/C15H23N3O3/c1-11-6-5-7-13(12(11)2)21-10-14(19)16-8-9-17-15(20)18(3)4/h5-7H,8-10H2,1-4H3,(H,16,19)(H,17,20). The van der Waals surface area contributed by atoms with E-state index in [4.69, 9.17) is 4.74 Å². The maximum absolute atomic E-state index is 11.6. The first-order chi connectivity index (χ1) is 9.91. The van der Waals surface area contributed by atoms with Crippen molar-refractivity contribution < 1.29 is 14.3 Å². The van der Waals surface area contributed by atoms with Crippen molar-refractivity contribution in [2.24, 2.45) is 0 Å². The lowest BCUT2D eigenvalue weighted by Crippen LogP contribution is -2.40. The Hall–Kier alpha value is -2.24. The molecule has 2 N–H and O–H groups in total. The fourth-order valence-corrected chi connectivity index (χ4v) is 1.60. The van der Waals surface area contributed by atoms with Crippen LogP contribution in [0.3, 0.4) is 0 Å². The Kier molecular flexibility index (Phi) is 6.52. The zero-order valence-corrected chi connectivity index (χ0v) is 13.0. The van der Waals surface area contributed by atoms with Crippen molar-refractivity contribution in [3.8, 4) is 5.75 Å². The van der Waals surface area contributed by atoms with E-state index in [2.05, 4.69) is 10.6 Å². The van der Waals surface area contributed by atoms with Gasteiger partial charge in [-0.25, -0.2) is 4.79 Å². The molecule has 0 atom stereocenters. The molecule has 0 unspecified atom stereocenters. The number of nitrogens with one attached hydrogen (secondary N) is 2. The SMILES string of the molecule is Cc1cccc(OCC(=O)NCCNC(=O)N(C)C)c1C. The fraction of sp³-hybridized carbons (Fsp3) is 0.467. The first kappa shape index (κ1) is 16.8. The number of carbonyl (C=O) groups is 2. The van der Waals surface area contributed by atoms with Crippen molar-refractivity contribution >= 4 is 11.9 Å². The highest BCUT2D eigenvalue weighted by molar-refractivity contribution is 5.77. The van der Waals surface area contributed by atoms with E-state index in [-0.39, 0.29) is 18.5 Å². The number of hydrogen-bond donors (Lipinski definition) is 2. The molecule has 6 heteroatoms. The van der Waals surface area contributed by atoms with Crippen LogP contribution in [-0.2, 0) is 4.79 Å². The Bertz CT molecular complexity index is 501. The van der Waals surface area contributed by atoms with Gasteiger partial charge in [0.15, 0.2) is 6.61 Å². The Morgan fingerprint density at radius 3 is 2.48 bits per heavy atom. The molecule has 21 heavy (non-hydrogen) atoms. The van der Waals surface area contributed by atoms with Gasteiger partial charge in [-0.05, 0) is 31.0 Å². The van der Waals surface area contributed by atoms with Crippen molar-refractivity contribution in [1.29, 1.82) is 0 Å². The molecular formula is C15H23N3O3. The molecule has 0 aliphatic rings. The van der Waals surface area contributed by atoms with Gasteiger partial charge in [0.1, 0.15) is 5.75 Å². The molecule has 0 aliphatic carbocycles. The van der Waals surface area contributed by atoms with E-state index in [0.717, 1.165) is 11.1 Å². The summed E-state index contributed by atoms with van der Waals surface area (Å²) in [5, 5.41) is 5.34. The van der Waals surface area contributed by atoms with Gasteiger partial charge in [-0.2, -0.15) is 0 Å². The maximum atomic E-state index is 11.6. The van der Waals surface area contributed by atoms with Crippen LogP contribution in [0.2, 0.25) is 0 Å². The normalized spacial score (nSPS) is 9.90. The molecule has 0 saturated heterocycles. The first-order valence-corrected chi connectivity index (χ1v) is 6.82. The summed E-state index contributed by atoms with van der Waals surface area (Å²) in [5.74, 6) is 0.501. The summed E-state index contributed by atoms with van der Waals surface area (Å²) in [7, 11) is 3.32. The van der Waals surface area contributed by atoms with Gasteiger partial charge >= 0.3 is 6.03 Å². The van der Waals surface area contributed by atoms with Crippen LogP contribution in [-0.4, -0.2) is 50.6 Å². The maximum Gasteiger partial charge on any atom is 0.316 e. The molecule has 116 valence electrons. The predicted molar refractivity (Wildman–Crippen MR) is 81.5 cm³/mol. The molecule has 0 bridgehead atoms. The second-order valence-electron chi connectivity index (χ2n) is 4.96. The summed E-state index contributed by atoms with van der Waals surface area (Å²) >= 11 is 0. The van der Waals surface area contributed by atoms with E-state index >= 15 is 0 Å². The van der Waals surface area contributed by atoms with E-state index in [1.54, 1.807) is 14.1 Å². The summed E-state index contributed by atoms with van der Waals surface area (Å²) in [6, 6.07) is 5.55. The smallest absolute Gasteiger partial charge is 0.316 e. The predicted octanol–water partition coefficient (Wildman–Crippen LogP) is 1.07. The van der Waals surface area contributed by atoms with Crippen LogP contribution < -0.4 is 15.4 Å². The van der Waals surface area contributed by atoms with E-state index in [0.29, 0.717) is 18.8 Å². The lowest BCUT2D eigenvalue weighted by atomic mass is 10.1. The third-order valence-electron chi connectivity index (χ3n) is 3.04. The second kappa shape index (κ2) is 8.14. The number of nitrogens with zero attached hydrogens (tertiary/aromatic N) is 1. The lowest BCUT2D eigenvalue weighted by molar-refractivity contribution is -0.123. The number of rotatable bonds is 6. The average Bonchev–Trinajstić information content (AvgIpc) is 2.44. The van der Waals surface area contributed by atoms with Gasteiger partial charge in [-0.3, -0.25) is 4.79 Å².